The second-order valence-corrected chi connectivity index (χ2v) is 7.40. The average molecular weight is 424 g/mol. The van der Waals surface area contributed by atoms with E-state index in [0.717, 1.165) is 24.1 Å². The van der Waals surface area contributed by atoms with E-state index in [0.29, 0.717) is 36.7 Å². The molecule has 0 bridgehead atoms. The number of carbonyl (C=O) groups is 2. The van der Waals surface area contributed by atoms with E-state index in [-0.39, 0.29) is 11.8 Å². The summed E-state index contributed by atoms with van der Waals surface area (Å²) in [5, 5.41) is 9.43. The van der Waals surface area contributed by atoms with Gasteiger partial charge >= 0.3 is 0 Å². The lowest BCUT2D eigenvalue weighted by Crippen LogP contribution is -2.36. The van der Waals surface area contributed by atoms with Crippen LogP contribution in [-0.4, -0.2) is 49.9 Å². The van der Waals surface area contributed by atoms with Crippen molar-refractivity contribution in [2.24, 2.45) is 4.99 Å². The standard InChI is InChI=1S/C24H33N5O2/c1-5-14-26-22(30)21-9-7-8-19(15-21)17-28-24(25-6-2)27-16-18-10-12-20(13-11-18)23(31)29(3)4/h7-13,15H,5-6,14,16-17H2,1-4H3,(H,26,30)(H2,25,27,28). The molecule has 31 heavy (non-hydrogen) atoms. The van der Waals surface area contributed by atoms with Crippen molar-refractivity contribution >= 4 is 17.8 Å². The highest BCUT2D eigenvalue weighted by atomic mass is 16.2. The maximum atomic E-state index is 12.2. The van der Waals surface area contributed by atoms with Gasteiger partial charge < -0.3 is 20.9 Å². The second-order valence-electron chi connectivity index (χ2n) is 7.40. The highest BCUT2D eigenvalue weighted by molar-refractivity contribution is 5.94. The van der Waals surface area contributed by atoms with E-state index < -0.39 is 0 Å². The van der Waals surface area contributed by atoms with Gasteiger partial charge in [0, 0.05) is 44.9 Å². The predicted molar refractivity (Wildman–Crippen MR) is 125 cm³/mol. The van der Waals surface area contributed by atoms with Gasteiger partial charge in [0.05, 0.1) is 6.54 Å². The van der Waals surface area contributed by atoms with Crippen molar-refractivity contribution in [2.45, 2.75) is 33.4 Å². The summed E-state index contributed by atoms with van der Waals surface area (Å²) in [5.41, 5.74) is 3.33. The predicted octanol–water partition coefficient (Wildman–Crippen LogP) is 2.78. The van der Waals surface area contributed by atoms with Crippen LogP contribution in [0.3, 0.4) is 0 Å². The molecule has 0 saturated heterocycles. The van der Waals surface area contributed by atoms with Crippen LogP contribution in [0.15, 0.2) is 53.5 Å². The van der Waals surface area contributed by atoms with E-state index in [1.165, 1.54) is 0 Å². The third kappa shape index (κ3) is 7.77. The van der Waals surface area contributed by atoms with Gasteiger partial charge in [0.25, 0.3) is 11.8 Å². The third-order valence-corrected chi connectivity index (χ3v) is 4.56. The Balaban J connectivity index is 1.99. The number of rotatable bonds is 9. The molecule has 0 atom stereocenters. The fourth-order valence-corrected chi connectivity index (χ4v) is 2.87. The molecule has 2 aromatic rings. The van der Waals surface area contributed by atoms with E-state index in [1.807, 2.05) is 62.4 Å². The highest BCUT2D eigenvalue weighted by Crippen LogP contribution is 2.08. The zero-order chi connectivity index (χ0) is 22.6. The summed E-state index contributed by atoms with van der Waals surface area (Å²) in [7, 11) is 3.48. The molecule has 0 unspecified atom stereocenters. The molecule has 0 aromatic heterocycles. The number of hydrogen-bond acceptors (Lipinski definition) is 3. The minimum Gasteiger partial charge on any atom is -0.357 e. The van der Waals surface area contributed by atoms with Crippen molar-refractivity contribution < 1.29 is 9.59 Å². The molecule has 0 spiro atoms. The number of aliphatic imine (C=N–C) groups is 1. The molecule has 2 aromatic carbocycles. The molecule has 3 N–H and O–H groups in total. The lowest BCUT2D eigenvalue weighted by atomic mass is 10.1. The summed E-state index contributed by atoms with van der Waals surface area (Å²) in [6.07, 6.45) is 0.905. The van der Waals surface area contributed by atoms with Crippen LogP contribution in [0.1, 0.15) is 52.1 Å². The van der Waals surface area contributed by atoms with Crippen LogP contribution < -0.4 is 16.0 Å². The van der Waals surface area contributed by atoms with Gasteiger partial charge in [0.15, 0.2) is 5.96 Å². The molecular formula is C24H33N5O2. The summed E-state index contributed by atoms with van der Waals surface area (Å²) < 4.78 is 0. The van der Waals surface area contributed by atoms with Crippen LogP contribution in [0.5, 0.6) is 0 Å². The highest BCUT2D eigenvalue weighted by Gasteiger charge is 2.08. The molecule has 0 heterocycles. The summed E-state index contributed by atoms with van der Waals surface area (Å²) in [6.45, 7) is 6.49. The lowest BCUT2D eigenvalue weighted by molar-refractivity contribution is 0.0827. The van der Waals surface area contributed by atoms with Gasteiger partial charge in [-0.3, -0.25) is 9.59 Å². The summed E-state index contributed by atoms with van der Waals surface area (Å²) in [6, 6.07) is 15.1. The maximum Gasteiger partial charge on any atom is 0.253 e. The van der Waals surface area contributed by atoms with Crippen molar-refractivity contribution in [3.05, 3.63) is 70.8 Å². The second kappa shape index (κ2) is 12.4. The van der Waals surface area contributed by atoms with Gasteiger partial charge in [-0.15, -0.1) is 0 Å². The number of guanidine groups is 1. The molecule has 166 valence electrons. The molecule has 0 fully saturated rings. The Morgan fingerprint density at radius 2 is 1.65 bits per heavy atom. The Morgan fingerprint density at radius 3 is 2.29 bits per heavy atom. The van der Waals surface area contributed by atoms with Crippen molar-refractivity contribution in [1.82, 2.24) is 20.9 Å². The Morgan fingerprint density at radius 1 is 0.903 bits per heavy atom. The molecule has 7 nitrogen and oxygen atoms in total. The Hall–Kier alpha value is -3.35. The molecular weight excluding hydrogens is 390 g/mol. The first-order chi connectivity index (χ1) is 14.9. The van der Waals surface area contributed by atoms with Crippen LogP contribution in [0.25, 0.3) is 0 Å². The van der Waals surface area contributed by atoms with Crippen molar-refractivity contribution in [1.29, 1.82) is 0 Å². The van der Waals surface area contributed by atoms with Crippen LogP contribution >= 0.6 is 0 Å². The van der Waals surface area contributed by atoms with Crippen molar-refractivity contribution in [3.8, 4) is 0 Å². The van der Waals surface area contributed by atoms with Crippen LogP contribution in [0, 0.1) is 0 Å². The van der Waals surface area contributed by atoms with E-state index >= 15 is 0 Å². The monoisotopic (exact) mass is 423 g/mol. The van der Waals surface area contributed by atoms with Crippen LogP contribution in [-0.2, 0) is 13.1 Å². The fraction of sp³-hybridized carbons (Fsp3) is 0.375. The zero-order valence-electron chi connectivity index (χ0n) is 18.9. The van der Waals surface area contributed by atoms with Crippen LogP contribution in [0.2, 0.25) is 0 Å². The molecule has 7 heteroatoms. The molecule has 0 radical (unpaired) electrons. The lowest BCUT2D eigenvalue weighted by Gasteiger charge is -2.13. The number of carbonyl (C=O) groups excluding carboxylic acids is 2. The molecule has 2 amide bonds. The van der Waals surface area contributed by atoms with Gasteiger partial charge in [-0.2, -0.15) is 0 Å². The Kier molecular flexibility index (Phi) is 9.55. The van der Waals surface area contributed by atoms with E-state index in [2.05, 4.69) is 20.9 Å². The number of benzene rings is 2. The van der Waals surface area contributed by atoms with Gasteiger partial charge in [-0.25, -0.2) is 4.99 Å². The van der Waals surface area contributed by atoms with Gasteiger partial charge in [0.1, 0.15) is 0 Å². The third-order valence-electron chi connectivity index (χ3n) is 4.56. The molecule has 2 rings (SSSR count). The number of nitrogens with zero attached hydrogens (tertiary/aromatic N) is 2. The number of nitrogens with one attached hydrogen (secondary N) is 3. The molecule has 0 aliphatic heterocycles. The zero-order valence-corrected chi connectivity index (χ0v) is 18.9. The largest absolute Gasteiger partial charge is 0.357 e. The topological polar surface area (TPSA) is 85.8 Å². The normalized spacial score (nSPS) is 11.0. The first kappa shape index (κ1) is 23.9. The quantitative estimate of drug-likeness (QED) is 0.428. The van der Waals surface area contributed by atoms with Crippen molar-refractivity contribution in [2.75, 3.05) is 27.2 Å². The molecule has 0 saturated carbocycles. The Labute approximate surface area is 184 Å². The summed E-state index contributed by atoms with van der Waals surface area (Å²) >= 11 is 0. The number of amides is 2. The van der Waals surface area contributed by atoms with E-state index in [9.17, 15) is 9.59 Å². The maximum absolute atomic E-state index is 12.2. The van der Waals surface area contributed by atoms with E-state index in [4.69, 9.17) is 0 Å². The van der Waals surface area contributed by atoms with Gasteiger partial charge in [-0.1, -0.05) is 31.2 Å². The summed E-state index contributed by atoms with van der Waals surface area (Å²) in [4.78, 5) is 30.4. The molecule has 0 aliphatic carbocycles. The van der Waals surface area contributed by atoms with Gasteiger partial charge in [-0.05, 0) is 48.7 Å². The number of hydrogen-bond donors (Lipinski definition) is 3. The molecule has 0 aliphatic rings. The Bertz CT molecular complexity index is 891. The summed E-state index contributed by atoms with van der Waals surface area (Å²) in [5.74, 6) is 0.616. The first-order valence-corrected chi connectivity index (χ1v) is 10.6. The van der Waals surface area contributed by atoms with Crippen molar-refractivity contribution in [3.63, 3.8) is 0 Å². The SMILES string of the molecule is CCCNC(=O)c1cccc(CN=C(NCC)NCc2ccc(C(=O)N(C)C)cc2)c1. The van der Waals surface area contributed by atoms with Gasteiger partial charge in [0.2, 0.25) is 0 Å². The van der Waals surface area contributed by atoms with Crippen LogP contribution in [0.4, 0.5) is 0 Å². The average Bonchev–Trinajstić information content (AvgIpc) is 2.79. The fourth-order valence-electron chi connectivity index (χ4n) is 2.87. The minimum absolute atomic E-state index is 0.0139. The smallest absolute Gasteiger partial charge is 0.253 e. The van der Waals surface area contributed by atoms with E-state index in [1.54, 1.807) is 19.0 Å². The first-order valence-electron chi connectivity index (χ1n) is 10.6. The minimum atomic E-state index is -0.0612.